The molecule has 1 aromatic carbocycles. The van der Waals surface area contributed by atoms with Crippen LogP contribution in [0.25, 0.3) is 0 Å². The van der Waals surface area contributed by atoms with Gasteiger partial charge in [0.05, 0.1) is 12.2 Å². The molecule has 2 saturated carbocycles. The van der Waals surface area contributed by atoms with Gasteiger partial charge >= 0.3 is 0 Å². The Morgan fingerprint density at radius 3 is 0.923 bits per heavy atom. The summed E-state index contributed by atoms with van der Waals surface area (Å²) in [4.78, 5) is 0. The molecule has 4 bridgehead atoms. The van der Waals surface area contributed by atoms with Gasteiger partial charge in [0.2, 0.25) is 0 Å². The highest BCUT2D eigenvalue weighted by Gasteiger charge is 2.46. The first kappa shape index (κ1) is 17.0. The maximum absolute atomic E-state index is 6.62. The SMILES string of the molecule is CC(C)Oc1c2c(c(OC(C)C)c3c1C1CCC3CC1)C1CCC2CC1. The Morgan fingerprint density at radius 1 is 0.500 bits per heavy atom. The molecule has 0 atom stereocenters. The van der Waals surface area contributed by atoms with Gasteiger partial charge in [-0.2, -0.15) is 0 Å². The van der Waals surface area contributed by atoms with Crippen LogP contribution in [0.1, 0.15) is 125 Å². The maximum Gasteiger partial charge on any atom is 0.127 e. The largest absolute Gasteiger partial charge is 0.490 e. The number of fused-ring (bicyclic) bond motifs is 4. The lowest BCUT2D eigenvalue weighted by atomic mass is 9.60. The maximum atomic E-state index is 6.62. The molecule has 0 aliphatic heterocycles. The topological polar surface area (TPSA) is 18.5 Å². The lowest BCUT2D eigenvalue weighted by Gasteiger charge is -2.47. The first-order valence-corrected chi connectivity index (χ1v) is 11.1. The van der Waals surface area contributed by atoms with Crippen molar-refractivity contribution in [3.63, 3.8) is 0 Å². The van der Waals surface area contributed by atoms with Crippen molar-refractivity contribution in [2.24, 2.45) is 0 Å². The summed E-state index contributed by atoms with van der Waals surface area (Å²) >= 11 is 0. The summed E-state index contributed by atoms with van der Waals surface area (Å²) in [5.74, 6) is 5.41. The lowest BCUT2D eigenvalue weighted by molar-refractivity contribution is 0.202. The van der Waals surface area contributed by atoms with E-state index in [9.17, 15) is 0 Å². The summed E-state index contributed by atoms with van der Waals surface area (Å²) in [7, 11) is 0. The van der Waals surface area contributed by atoms with E-state index in [4.69, 9.17) is 9.47 Å². The van der Waals surface area contributed by atoms with Crippen LogP contribution in [0.15, 0.2) is 0 Å². The fourth-order valence-electron chi connectivity index (χ4n) is 6.47. The fraction of sp³-hybridized carbons (Fsp3) is 0.750. The molecular weight excluding hydrogens is 320 g/mol. The molecule has 26 heavy (non-hydrogen) atoms. The molecule has 2 heteroatoms. The number of rotatable bonds is 4. The second-order valence-electron chi connectivity index (χ2n) is 9.74. The van der Waals surface area contributed by atoms with E-state index in [2.05, 4.69) is 27.7 Å². The van der Waals surface area contributed by atoms with Crippen LogP contribution in [0.2, 0.25) is 0 Å². The molecule has 0 N–H and O–H groups in total. The van der Waals surface area contributed by atoms with Gasteiger partial charge in [0.1, 0.15) is 11.5 Å². The minimum absolute atomic E-state index is 0.251. The van der Waals surface area contributed by atoms with Gasteiger partial charge in [-0.3, -0.25) is 0 Å². The molecule has 1 aromatic rings. The Morgan fingerprint density at radius 2 is 0.731 bits per heavy atom. The quantitative estimate of drug-likeness (QED) is 0.594. The van der Waals surface area contributed by atoms with Crippen molar-refractivity contribution in [3.05, 3.63) is 22.3 Å². The van der Waals surface area contributed by atoms with E-state index < -0.39 is 0 Å². The van der Waals surface area contributed by atoms with Crippen molar-refractivity contribution in [3.8, 4) is 11.5 Å². The third-order valence-electron chi connectivity index (χ3n) is 7.35. The molecule has 0 heterocycles. The van der Waals surface area contributed by atoms with Crippen molar-refractivity contribution in [2.75, 3.05) is 0 Å². The second kappa shape index (κ2) is 6.17. The summed E-state index contributed by atoms with van der Waals surface area (Å²) in [6.45, 7) is 8.78. The van der Waals surface area contributed by atoms with E-state index in [1.807, 2.05) is 0 Å². The number of hydrogen-bond donors (Lipinski definition) is 0. The van der Waals surface area contributed by atoms with Crippen LogP contribution in [0.4, 0.5) is 0 Å². The second-order valence-corrected chi connectivity index (χ2v) is 9.74. The van der Waals surface area contributed by atoms with Gasteiger partial charge in [-0.05, 0) is 103 Å². The number of hydrogen-bond acceptors (Lipinski definition) is 2. The average molecular weight is 355 g/mol. The Labute approximate surface area is 158 Å². The van der Waals surface area contributed by atoms with Gasteiger partial charge in [0, 0.05) is 22.3 Å². The van der Waals surface area contributed by atoms with Gasteiger partial charge < -0.3 is 9.47 Å². The molecular formula is C24H34O2. The van der Waals surface area contributed by atoms with Crippen molar-refractivity contribution < 1.29 is 9.47 Å². The molecule has 0 amide bonds. The Hall–Kier alpha value is -1.18. The van der Waals surface area contributed by atoms with Crippen LogP contribution >= 0.6 is 0 Å². The third kappa shape index (κ3) is 2.43. The monoisotopic (exact) mass is 354 g/mol. The highest BCUT2D eigenvalue weighted by molar-refractivity contribution is 5.66. The number of ether oxygens (including phenoxy) is 2. The predicted molar refractivity (Wildman–Crippen MR) is 106 cm³/mol. The molecule has 0 saturated heterocycles. The molecule has 0 spiro atoms. The molecule has 0 aromatic heterocycles. The molecule has 7 rings (SSSR count). The Bertz CT molecular complexity index is 591. The lowest BCUT2D eigenvalue weighted by Crippen LogP contribution is -2.31. The van der Waals surface area contributed by atoms with Gasteiger partial charge in [-0.1, -0.05) is 0 Å². The molecule has 2 nitrogen and oxygen atoms in total. The minimum atomic E-state index is 0.251. The van der Waals surface area contributed by atoms with Crippen LogP contribution in [0.3, 0.4) is 0 Å². The van der Waals surface area contributed by atoms with E-state index in [0.29, 0.717) is 23.7 Å². The zero-order valence-electron chi connectivity index (χ0n) is 16.9. The van der Waals surface area contributed by atoms with Crippen LogP contribution in [-0.4, -0.2) is 12.2 Å². The molecule has 2 fully saturated rings. The van der Waals surface area contributed by atoms with Crippen molar-refractivity contribution in [1.29, 1.82) is 0 Å². The van der Waals surface area contributed by atoms with E-state index >= 15 is 0 Å². The fourth-order valence-corrected chi connectivity index (χ4v) is 6.47. The summed E-state index contributed by atoms with van der Waals surface area (Å²) in [6, 6.07) is 0. The zero-order chi connectivity index (χ0) is 18.0. The predicted octanol–water partition coefficient (Wildman–Crippen LogP) is 6.77. The van der Waals surface area contributed by atoms with Crippen LogP contribution < -0.4 is 9.47 Å². The molecule has 0 radical (unpaired) electrons. The molecule has 6 aliphatic rings. The summed E-state index contributed by atoms with van der Waals surface area (Å²) < 4.78 is 13.2. The Balaban J connectivity index is 1.81. The minimum Gasteiger partial charge on any atom is -0.490 e. The number of benzene rings is 1. The van der Waals surface area contributed by atoms with Crippen molar-refractivity contribution >= 4 is 0 Å². The van der Waals surface area contributed by atoms with Crippen LogP contribution in [0, 0.1) is 0 Å². The highest BCUT2D eigenvalue weighted by Crippen LogP contribution is 2.64. The van der Waals surface area contributed by atoms with E-state index in [0.717, 1.165) is 0 Å². The van der Waals surface area contributed by atoms with E-state index in [-0.39, 0.29) is 12.2 Å². The molecule has 0 unspecified atom stereocenters. The zero-order valence-corrected chi connectivity index (χ0v) is 16.9. The third-order valence-corrected chi connectivity index (χ3v) is 7.35. The van der Waals surface area contributed by atoms with Gasteiger partial charge in [-0.15, -0.1) is 0 Å². The van der Waals surface area contributed by atoms with Gasteiger partial charge in [0.25, 0.3) is 0 Å². The normalized spacial score (nSPS) is 31.3. The standard InChI is InChI=1S/C24H34O2/c1-13(2)25-23-19-15-5-9-17(10-6-15)21(19)24(26-14(3)4)22-18-11-7-16(8-12-18)20(22)23/h13-18H,5-12H2,1-4H3. The van der Waals surface area contributed by atoms with E-state index in [1.165, 1.54) is 62.9 Å². The van der Waals surface area contributed by atoms with Gasteiger partial charge in [-0.25, -0.2) is 0 Å². The smallest absolute Gasteiger partial charge is 0.127 e. The van der Waals surface area contributed by atoms with Crippen LogP contribution in [0.5, 0.6) is 11.5 Å². The molecule has 142 valence electrons. The summed E-state index contributed by atoms with van der Waals surface area (Å²) in [5.41, 5.74) is 6.29. The summed E-state index contributed by atoms with van der Waals surface area (Å²) in [6.07, 6.45) is 11.3. The Kier molecular flexibility index (Phi) is 4.03. The average Bonchev–Trinajstić information content (AvgIpc) is 2.64. The van der Waals surface area contributed by atoms with Crippen molar-refractivity contribution in [1.82, 2.24) is 0 Å². The first-order chi connectivity index (χ1) is 12.5. The molecule has 6 aliphatic carbocycles. The summed E-state index contributed by atoms with van der Waals surface area (Å²) in [5, 5.41) is 0. The van der Waals surface area contributed by atoms with Crippen LogP contribution in [-0.2, 0) is 0 Å². The van der Waals surface area contributed by atoms with Gasteiger partial charge in [0.15, 0.2) is 0 Å². The first-order valence-electron chi connectivity index (χ1n) is 11.1. The van der Waals surface area contributed by atoms with E-state index in [1.54, 1.807) is 22.3 Å². The van der Waals surface area contributed by atoms with Crippen molar-refractivity contribution in [2.45, 2.75) is 115 Å². The highest BCUT2D eigenvalue weighted by atomic mass is 16.5.